The van der Waals surface area contributed by atoms with E-state index < -0.39 is 26.1 Å². The molecule has 0 aliphatic rings. The van der Waals surface area contributed by atoms with E-state index >= 15 is 0 Å². The average Bonchev–Trinajstić information content (AvgIpc) is 2.76. The molecule has 0 aliphatic carbocycles. The first-order chi connectivity index (χ1) is 14.6. The second kappa shape index (κ2) is 10.2. The molecule has 12 heteroatoms. The van der Waals surface area contributed by atoms with Gasteiger partial charge in [-0.25, -0.2) is 26.3 Å². The number of nitrogens with one attached hydrogen (secondary N) is 2. The van der Waals surface area contributed by atoms with Crippen LogP contribution in [0.15, 0.2) is 46.2 Å². The standard InChI is InChI=1S/C19H26N2O8S2/c1-13(21-31(24,25)15-7-9-17(27-3)19(11-15)29-5)12-20-30(22,23)14-6-8-16(26-2)18(10-14)28-4/h6-11,13,20-21H,12H2,1-5H3. The Morgan fingerprint density at radius 3 is 1.55 bits per heavy atom. The van der Waals surface area contributed by atoms with Crippen LogP contribution in [0.25, 0.3) is 0 Å². The molecule has 2 N–H and O–H groups in total. The second-order valence-electron chi connectivity index (χ2n) is 6.41. The molecule has 0 aliphatic heterocycles. The molecule has 1 atom stereocenters. The van der Waals surface area contributed by atoms with Gasteiger partial charge < -0.3 is 18.9 Å². The molecule has 10 nitrogen and oxygen atoms in total. The van der Waals surface area contributed by atoms with E-state index in [0.29, 0.717) is 11.5 Å². The van der Waals surface area contributed by atoms with Gasteiger partial charge in [0.15, 0.2) is 23.0 Å². The molecular weight excluding hydrogens is 448 g/mol. The summed E-state index contributed by atoms with van der Waals surface area (Å²) in [7, 11) is -2.16. The van der Waals surface area contributed by atoms with Crippen LogP contribution in [-0.2, 0) is 20.0 Å². The Morgan fingerprint density at radius 1 is 0.710 bits per heavy atom. The predicted octanol–water partition coefficient (Wildman–Crippen LogP) is 1.37. The third-order valence-corrected chi connectivity index (χ3v) is 7.27. The zero-order valence-corrected chi connectivity index (χ0v) is 19.5. The molecule has 0 fully saturated rings. The monoisotopic (exact) mass is 474 g/mol. The molecule has 2 aromatic rings. The first-order valence-corrected chi connectivity index (χ1v) is 12.0. The fourth-order valence-corrected chi connectivity index (χ4v) is 5.06. The smallest absolute Gasteiger partial charge is 0.240 e. The Hall–Kier alpha value is -2.54. The highest BCUT2D eigenvalue weighted by atomic mass is 32.2. The summed E-state index contributed by atoms with van der Waals surface area (Å²) in [5, 5.41) is 0. The lowest BCUT2D eigenvalue weighted by atomic mass is 10.3. The highest BCUT2D eigenvalue weighted by Gasteiger charge is 2.22. The normalized spacial score (nSPS) is 12.8. The van der Waals surface area contributed by atoms with Gasteiger partial charge in [0, 0.05) is 24.7 Å². The Morgan fingerprint density at radius 2 is 1.13 bits per heavy atom. The summed E-state index contributed by atoms with van der Waals surface area (Å²) in [6, 6.07) is 7.57. The van der Waals surface area contributed by atoms with E-state index in [0.717, 1.165) is 0 Å². The third kappa shape index (κ3) is 6.00. The maximum atomic E-state index is 12.6. The predicted molar refractivity (Wildman–Crippen MR) is 114 cm³/mol. The summed E-state index contributed by atoms with van der Waals surface area (Å²) in [5.74, 6) is 1.29. The van der Waals surface area contributed by atoms with Crippen molar-refractivity contribution in [1.82, 2.24) is 9.44 Å². The van der Waals surface area contributed by atoms with E-state index in [1.807, 2.05) is 0 Å². The fourth-order valence-electron chi connectivity index (χ4n) is 2.66. The van der Waals surface area contributed by atoms with Crippen LogP contribution in [0.5, 0.6) is 23.0 Å². The van der Waals surface area contributed by atoms with Crippen LogP contribution >= 0.6 is 0 Å². The van der Waals surface area contributed by atoms with Crippen LogP contribution in [-0.4, -0.2) is 57.9 Å². The number of ether oxygens (including phenoxy) is 4. The van der Waals surface area contributed by atoms with E-state index in [4.69, 9.17) is 18.9 Å². The molecule has 0 spiro atoms. The van der Waals surface area contributed by atoms with Gasteiger partial charge in [0.1, 0.15) is 0 Å². The van der Waals surface area contributed by atoms with Crippen molar-refractivity contribution in [2.24, 2.45) is 0 Å². The molecule has 0 aromatic heterocycles. The van der Waals surface area contributed by atoms with Crippen LogP contribution < -0.4 is 28.4 Å². The molecular formula is C19H26N2O8S2. The number of hydrogen-bond donors (Lipinski definition) is 2. The zero-order valence-electron chi connectivity index (χ0n) is 17.8. The molecule has 172 valence electrons. The van der Waals surface area contributed by atoms with Gasteiger partial charge in [0.2, 0.25) is 20.0 Å². The summed E-state index contributed by atoms with van der Waals surface area (Å²) < 4.78 is 75.7. The first-order valence-electron chi connectivity index (χ1n) is 9.04. The van der Waals surface area contributed by atoms with Crippen molar-refractivity contribution in [3.63, 3.8) is 0 Å². The Kier molecular flexibility index (Phi) is 8.12. The summed E-state index contributed by atoms with van der Waals surface area (Å²) >= 11 is 0. The lowest BCUT2D eigenvalue weighted by molar-refractivity contribution is 0.354. The minimum atomic E-state index is -3.93. The second-order valence-corrected chi connectivity index (χ2v) is 9.89. The third-order valence-electron chi connectivity index (χ3n) is 4.27. The molecule has 0 saturated carbocycles. The number of rotatable bonds is 11. The number of methoxy groups -OCH3 is 4. The van der Waals surface area contributed by atoms with Crippen molar-refractivity contribution >= 4 is 20.0 Å². The van der Waals surface area contributed by atoms with Crippen LogP contribution in [0, 0.1) is 0 Å². The summed E-state index contributed by atoms with van der Waals surface area (Å²) in [6.45, 7) is 1.36. The van der Waals surface area contributed by atoms with E-state index in [2.05, 4.69) is 9.44 Å². The SMILES string of the molecule is COc1ccc(S(=O)(=O)NCC(C)NS(=O)(=O)c2ccc(OC)c(OC)c2)cc1OC. The van der Waals surface area contributed by atoms with E-state index in [1.54, 1.807) is 0 Å². The lowest BCUT2D eigenvalue weighted by Crippen LogP contribution is -2.41. The van der Waals surface area contributed by atoms with Gasteiger partial charge in [-0.3, -0.25) is 0 Å². The van der Waals surface area contributed by atoms with Gasteiger partial charge in [-0.15, -0.1) is 0 Å². The van der Waals surface area contributed by atoms with Gasteiger partial charge in [-0.05, 0) is 31.2 Å². The van der Waals surface area contributed by atoms with E-state index in [9.17, 15) is 16.8 Å². The quantitative estimate of drug-likeness (QED) is 0.500. The van der Waals surface area contributed by atoms with Crippen LogP contribution in [0.4, 0.5) is 0 Å². The van der Waals surface area contributed by atoms with E-state index in [1.165, 1.54) is 71.8 Å². The van der Waals surface area contributed by atoms with Gasteiger partial charge >= 0.3 is 0 Å². The average molecular weight is 475 g/mol. The maximum Gasteiger partial charge on any atom is 0.240 e. The maximum absolute atomic E-state index is 12.6. The Labute approximate surface area is 182 Å². The van der Waals surface area contributed by atoms with Crippen molar-refractivity contribution in [2.45, 2.75) is 22.8 Å². The number of hydrogen-bond acceptors (Lipinski definition) is 8. The van der Waals surface area contributed by atoms with E-state index in [-0.39, 0.29) is 27.8 Å². The molecule has 1 unspecified atom stereocenters. The summed E-state index contributed by atoms with van der Waals surface area (Å²) in [4.78, 5) is -0.0835. The van der Waals surface area contributed by atoms with Gasteiger partial charge in [0.25, 0.3) is 0 Å². The summed E-state index contributed by atoms with van der Waals surface area (Å²) in [6.07, 6.45) is 0. The minimum absolute atomic E-state index is 0.0416. The van der Waals surface area contributed by atoms with Gasteiger partial charge in [-0.1, -0.05) is 0 Å². The van der Waals surface area contributed by atoms with Crippen LogP contribution in [0.1, 0.15) is 6.92 Å². The largest absolute Gasteiger partial charge is 0.493 e. The van der Waals surface area contributed by atoms with Crippen molar-refractivity contribution in [2.75, 3.05) is 35.0 Å². The van der Waals surface area contributed by atoms with Gasteiger partial charge in [0.05, 0.1) is 38.2 Å². The minimum Gasteiger partial charge on any atom is -0.493 e. The van der Waals surface area contributed by atoms with Crippen LogP contribution in [0.3, 0.4) is 0 Å². The Balaban J connectivity index is 2.11. The topological polar surface area (TPSA) is 129 Å². The highest BCUT2D eigenvalue weighted by Crippen LogP contribution is 2.30. The summed E-state index contributed by atoms with van der Waals surface area (Å²) in [5.41, 5.74) is 0. The Bertz CT molecular complexity index is 1120. The van der Waals surface area contributed by atoms with Crippen LogP contribution in [0.2, 0.25) is 0 Å². The molecule has 2 rings (SSSR count). The fraction of sp³-hybridized carbons (Fsp3) is 0.368. The molecule has 0 heterocycles. The molecule has 2 aromatic carbocycles. The molecule has 31 heavy (non-hydrogen) atoms. The lowest BCUT2D eigenvalue weighted by Gasteiger charge is -2.17. The zero-order chi connectivity index (χ0) is 23.2. The van der Waals surface area contributed by atoms with Crippen molar-refractivity contribution in [3.8, 4) is 23.0 Å². The van der Waals surface area contributed by atoms with Gasteiger partial charge in [-0.2, -0.15) is 0 Å². The molecule has 0 saturated heterocycles. The van der Waals surface area contributed by atoms with Crippen molar-refractivity contribution < 1.29 is 35.8 Å². The number of sulfonamides is 2. The van der Waals surface area contributed by atoms with Crippen molar-refractivity contribution in [1.29, 1.82) is 0 Å². The highest BCUT2D eigenvalue weighted by molar-refractivity contribution is 7.90. The molecule has 0 bridgehead atoms. The first kappa shape index (κ1) is 24.7. The van der Waals surface area contributed by atoms with Crippen molar-refractivity contribution in [3.05, 3.63) is 36.4 Å². The number of benzene rings is 2. The molecule has 0 amide bonds. The molecule has 0 radical (unpaired) electrons.